The zero-order valence-corrected chi connectivity index (χ0v) is 12.9. The first-order valence-corrected chi connectivity index (χ1v) is 7.79. The van der Waals surface area contributed by atoms with Crippen LogP contribution < -0.4 is 15.4 Å². The minimum Gasteiger partial charge on any atom is -0.490 e. The zero-order valence-electron chi connectivity index (χ0n) is 12.9. The fourth-order valence-corrected chi connectivity index (χ4v) is 2.65. The van der Waals surface area contributed by atoms with Crippen molar-refractivity contribution < 1.29 is 9.84 Å². The van der Waals surface area contributed by atoms with E-state index in [4.69, 9.17) is 4.74 Å². The molecular formula is C15H26N4O2. The Morgan fingerprint density at radius 2 is 1.86 bits per heavy atom. The van der Waals surface area contributed by atoms with E-state index in [2.05, 4.69) is 27.5 Å². The third kappa shape index (κ3) is 4.46. The van der Waals surface area contributed by atoms with E-state index in [1.807, 2.05) is 0 Å². The average molecular weight is 294 g/mol. The van der Waals surface area contributed by atoms with Crippen LogP contribution in [-0.2, 0) is 0 Å². The van der Waals surface area contributed by atoms with Crippen LogP contribution in [0.1, 0.15) is 39.0 Å². The van der Waals surface area contributed by atoms with Gasteiger partial charge in [0.2, 0.25) is 5.75 Å². The van der Waals surface area contributed by atoms with Gasteiger partial charge in [-0.15, -0.1) is 0 Å². The van der Waals surface area contributed by atoms with Crippen molar-refractivity contribution in [3.63, 3.8) is 0 Å². The van der Waals surface area contributed by atoms with Crippen molar-refractivity contribution in [2.75, 3.05) is 30.8 Å². The Morgan fingerprint density at radius 3 is 2.48 bits per heavy atom. The number of anilines is 2. The number of aromatic nitrogens is 2. The number of nitrogens with zero attached hydrogens (tertiary/aromatic N) is 2. The molecule has 6 nitrogen and oxygen atoms in total. The van der Waals surface area contributed by atoms with Crippen molar-refractivity contribution in [2.24, 2.45) is 5.92 Å². The summed E-state index contributed by atoms with van der Waals surface area (Å²) in [7, 11) is 1.64. The molecule has 0 atom stereocenters. The molecule has 0 spiro atoms. The van der Waals surface area contributed by atoms with Gasteiger partial charge in [-0.2, -0.15) is 0 Å². The number of aliphatic hydroxyl groups is 1. The highest BCUT2D eigenvalue weighted by Gasteiger charge is 2.20. The van der Waals surface area contributed by atoms with Gasteiger partial charge in [-0.1, -0.05) is 6.92 Å². The van der Waals surface area contributed by atoms with E-state index in [-0.39, 0.29) is 6.10 Å². The molecule has 1 fully saturated rings. The van der Waals surface area contributed by atoms with Crippen molar-refractivity contribution in [1.82, 2.24) is 9.97 Å². The normalized spacial score (nSPS) is 21.9. The van der Waals surface area contributed by atoms with Crippen LogP contribution in [0, 0.1) is 5.92 Å². The molecule has 6 heteroatoms. The quantitative estimate of drug-likeness (QED) is 0.716. The minimum atomic E-state index is -0.111. The molecular weight excluding hydrogens is 268 g/mol. The molecule has 0 aromatic carbocycles. The molecule has 118 valence electrons. The van der Waals surface area contributed by atoms with Crippen molar-refractivity contribution in [3.05, 3.63) is 6.33 Å². The number of aliphatic hydroxyl groups excluding tert-OH is 1. The Morgan fingerprint density at radius 1 is 1.19 bits per heavy atom. The molecule has 1 aliphatic rings. The van der Waals surface area contributed by atoms with E-state index >= 15 is 0 Å². The fourth-order valence-electron chi connectivity index (χ4n) is 2.65. The molecule has 21 heavy (non-hydrogen) atoms. The Hall–Kier alpha value is -1.56. The first-order valence-electron chi connectivity index (χ1n) is 7.79. The monoisotopic (exact) mass is 294 g/mol. The molecule has 0 aliphatic heterocycles. The Bertz CT molecular complexity index is 434. The maximum absolute atomic E-state index is 9.54. The smallest absolute Gasteiger partial charge is 0.204 e. The van der Waals surface area contributed by atoms with Gasteiger partial charge in [0.15, 0.2) is 11.6 Å². The van der Waals surface area contributed by atoms with Gasteiger partial charge >= 0.3 is 0 Å². The summed E-state index contributed by atoms with van der Waals surface area (Å²) in [6, 6.07) is 0. The Labute approximate surface area is 126 Å². The first kappa shape index (κ1) is 15.8. The molecule has 1 saturated carbocycles. The van der Waals surface area contributed by atoms with Crippen LogP contribution in [0.3, 0.4) is 0 Å². The van der Waals surface area contributed by atoms with Gasteiger partial charge in [-0.25, -0.2) is 9.97 Å². The number of rotatable bonds is 7. The molecule has 0 saturated heterocycles. The van der Waals surface area contributed by atoms with Crippen LogP contribution in [0.15, 0.2) is 6.33 Å². The first-order chi connectivity index (χ1) is 10.2. The molecule has 0 unspecified atom stereocenters. The molecule has 0 bridgehead atoms. The Balaban J connectivity index is 1.95. The third-order valence-corrected chi connectivity index (χ3v) is 3.92. The molecule has 1 aromatic heterocycles. The topological polar surface area (TPSA) is 79.3 Å². The number of methoxy groups -OCH3 is 1. The van der Waals surface area contributed by atoms with Crippen molar-refractivity contribution >= 4 is 11.6 Å². The fraction of sp³-hybridized carbons (Fsp3) is 0.733. The van der Waals surface area contributed by atoms with Crippen molar-refractivity contribution in [3.8, 4) is 5.75 Å². The SMILES string of the molecule is CCCNc1ncnc(NCC2CCC(O)CC2)c1OC. The van der Waals surface area contributed by atoms with E-state index in [0.29, 0.717) is 11.7 Å². The van der Waals surface area contributed by atoms with Gasteiger partial charge in [-0.05, 0) is 38.0 Å². The van der Waals surface area contributed by atoms with Crippen molar-refractivity contribution in [1.29, 1.82) is 0 Å². The summed E-state index contributed by atoms with van der Waals surface area (Å²) in [5.41, 5.74) is 0. The maximum Gasteiger partial charge on any atom is 0.204 e. The summed E-state index contributed by atoms with van der Waals surface area (Å²) >= 11 is 0. The van der Waals surface area contributed by atoms with E-state index in [1.165, 1.54) is 0 Å². The lowest BCUT2D eigenvalue weighted by Crippen LogP contribution is -2.24. The molecule has 1 heterocycles. The molecule has 3 N–H and O–H groups in total. The van der Waals surface area contributed by atoms with Gasteiger partial charge in [-0.3, -0.25) is 0 Å². The third-order valence-electron chi connectivity index (χ3n) is 3.92. The standard InChI is InChI=1S/C15H26N4O2/c1-3-8-16-14-13(21-2)15(19-10-18-14)17-9-11-4-6-12(20)7-5-11/h10-12,20H,3-9H2,1-2H3,(H2,16,17,18,19). The highest BCUT2D eigenvalue weighted by Crippen LogP contribution is 2.30. The van der Waals surface area contributed by atoms with Crippen LogP contribution in [0.4, 0.5) is 11.6 Å². The predicted octanol–water partition coefficient (Wildman–Crippen LogP) is 2.27. The van der Waals surface area contributed by atoms with Gasteiger partial charge in [0.05, 0.1) is 13.2 Å². The minimum absolute atomic E-state index is 0.111. The van der Waals surface area contributed by atoms with Gasteiger partial charge in [0.25, 0.3) is 0 Å². The zero-order chi connectivity index (χ0) is 15.1. The van der Waals surface area contributed by atoms with E-state index in [9.17, 15) is 5.11 Å². The van der Waals surface area contributed by atoms with E-state index < -0.39 is 0 Å². The second-order valence-electron chi connectivity index (χ2n) is 5.59. The highest BCUT2D eigenvalue weighted by atomic mass is 16.5. The summed E-state index contributed by atoms with van der Waals surface area (Å²) in [5, 5.41) is 16.2. The summed E-state index contributed by atoms with van der Waals surface area (Å²) in [5.74, 6) is 2.72. The lowest BCUT2D eigenvalue weighted by atomic mass is 9.87. The molecule has 1 aliphatic carbocycles. The number of ether oxygens (including phenoxy) is 1. The second-order valence-corrected chi connectivity index (χ2v) is 5.59. The van der Waals surface area contributed by atoms with Crippen LogP contribution >= 0.6 is 0 Å². The maximum atomic E-state index is 9.54. The second kappa shape index (κ2) is 8.02. The molecule has 2 rings (SSSR count). The number of nitrogens with one attached hydrogen (secondary N) is 2. The highest BCUT2D eigenvalue weighted by molar-refractivity contribution is 5.63. The Kier molecular flexibility index (Phi) is 6.04. The van der Waals surface area contributed by atoms with Crippen LogP contribution in [0.25, 0.3) is 0 Å². The van der Waals surface area contributed by atoms with E-state index in [1.54, 1.807) is 13.4 Å². The van der Waals surface area contributed by atoms with Gasteiger partial charge < -0.3 is 20.5 Å². The van der Waals surface area contributed by atoms with Gasteiger partial charge in [0.1, 0.15) is 6.33 Å². The lowest BCUT2D eigenvalue weighted by Gasteiger charge is -2.26. The lowest BCUT2D eigenvalue weighted by molar-refractivity contribution is 0.111. The summed E-state index contributed by atoms with van der Waals surface area (Å²) in [4.78, 5) is 8.51. The largest absolute Gasteiger partial charge is 0.490 e. The molecule has 1 aromatic rings. The number of hydrogen-bond donors (Lipinski definition) is 3. The van der Waals surface area contributed by atoms with Gasteiger partial charge in [0, 0.05) is 13.1 Å². The summed E-state index contributed by atoms with van der Waals surface area (Å²) in [6.07, 6.45) is 6.38. The van der Waals surface area contributed by atoms with Crippen molar-refractivity contribution in [2.45, 2.75) is 45.1 Å². The summed E-state index contributed by atoms with van der Waals surface area (Å²) in [6.45, 7) is 3.82. The van der Waals surface area contributed by atoms with Crippen LogP contribution in [0.2, 0.25) is 0 Å². The summed E-state index contributed by atoms with van der Waals surface area (Å²) < 4.78 is 5.44. The number of hydrogen-bond acceptors (Lipinski definition) is 6. The molecule has 0 radical (unpaired) electrons. The molecule has 0 amide bonds. The predicted molar refractivity (Wildman–Crippen MR) is 83.8 cm³/mol. The average Bonchev–Trinajstić information content (AvgIpc) is 2.52. The van der Waals surface area contributed by atoms with Crippen LogP contribution in [-0.4, -0.2) is 41.4 Å². The van der Waals surface area contributed by atoms with E-state index in [0.717, 1.165) is 56.8 Å². The van der Waals surface area contributed by atoms with Crippen LogP contribution in [0.5, 0.6) is 5.75 Å².